The van der Waals surface area contributed by atoms with E-state index in [1.54, 1.807) is 12.1 Å². The summed E-state index contributed by atoms with van der Waals surface area (Å²) >= 11 is 0. The largest absolute Gasteiger partial charge is 0.573 e. The molecular formula is C18H16F3NO4. The van der Waals surface area contributed by atoms with E-state index in [1.165, 1.54) is 44.2 Å². The number of carbonyl (C=O) groups is 2. The summed E-state index contributed by atoms with van der Waals surface area (Å²) in [6.45, 7) is 2.87. The minimum atomic E-state index is -4.87. The number of amides is 1. The SMILES string of the molecule is CC(=O)c1ccc(O[C@@H](C)C(=O)Nc2ccccc2OC(F)(F)F)cc1. The molecule has 138 valence electrons. The Kier molecular flexibility index (Phi) is 5.86. The normalized spacial score (nSPS) is 12.2. The van der Waals surface area contributed by atoms with Gasteiger partial charge in [0.1, 0.15) is 5.75 Å². The van der Waals surface area contributed by atoms with Gasteiger partial charge >= 0.3 is 6.36 Å². The predicted octanol–water partition coefficient (Wildman–Crippen LogP) is 4.19. The molecule has 2 aromatic rings. The summed E-state index contributed by atoms with van der Waals surface area (Å²) < 4.78 is 46.5. The van der Waals surface area contributed by atoms with Gasteiger partial charge in [0, 0.05) is 5.56 Å². The Morgan fingerprint density at radius 3 is 2.23 bits per heavy atom. The van der Waals surface area contributed by atoms with Gasteiger partial charge in [-0.15, -0.1) is 13.2 Å². The van der Waals surface area contributed by atoms with Crippen molar-refractivity contribution in [1.82, 2.24) is 0 Å². The molecule has 5 nitrogen and oxygen atoms in total. The van der Waals surface area contributed by atoms with E-state index in [9.17, 15) is 22.8 Å². The number of anilines is 1. The number of ether oxygens (including phenoxy) is 2. The smallest absolute Gasteiger partial charge is 0.481 e. The zero-order chi connectivity index (χ0) is 19.3. The van der Waals surface area contributed by atoms with Crippen molar-refractivity contribution < 1.29 is 32.2 Å². The molecule has 2 rings (SSSR count). The second-order valence-electron chi connectivity index (χ2n) is 5.37. The number of hydrogen-bond donors (Lipinski definition) is 1. The summed E-state index contributed by atoms with van der Waals surface area (Å²) in [4.78, 5) is 23.4. The highest BCUT2D eigenvalue weighted by molar-refractivity contribution is 5.95. The van der Waals surface area contributed by atoms with E-state index in [4.69, 9.17) is 4.74 Å². The quantitative estimate of drug-likeness (QED) is 0.778. The standard InChI is InChI=1S/C18H16F3NO4/c1-11(23)13-7-9-14(10-8-13)25-12(2)17(24)22-15-5-3-4-6-16(15)26-18(19,20)21/h3-10,12H,1-2H3,(H,22,24)/t12-/m0/s1. The van der Waals surface area contributed by atoms with Crippen molar-refractivity contribution >= 4 is 17.4 Å². The molecule has 0 saturated carbocycles. The van der Waals surface area contributed by atoms with Crippen molar-refractivity contribution in [2.45, 2.75) is 26.3 Å². The van der Waals surface area contributed by atoms with Gasteiger partial charge in [-0.05, 0) is 50.2 Å². The van der Waals surface area contributed by atoms with Crippen LogP contribution < -0.4 is 14.8 Å². The Hall–Kier alpha value is -3.03. The molecule has 0 aromatic heterocycles. The molecule has 0 spiro atoms. The molecule has 0 saturated heterocycles. The third-order valence-corrected chi connectivity index (χ3v) is 3.31. The van der Waals surface area contributed by atoms with E-state index >= 15 is 0 Å². The highest BCUT2D eigenvalue weighted by Crippen LogP contribution is 2.30. The Bertz CT molecular complexity index is 788. The number of para-hydroxylation sites is 2. The molecule has 0 aliphatic carbocycles. The first-order valence-electron chi connectivity index (χ1n) is 7.59. The molecule has 1 N–H and O–H groups in total. The van der Waals surface area contributed by atoms with Crippen molar-refractivity contribution in [2.75, 3.05) is 5.32 Å². The Labute approximate surface area is 147 Å². The lowest BCUT2D eigenvalue weighted by atomic mass is 10.1. The summed E-state index contributed by atoms with van der Waals surface area (Å²) in [6, 6.07) is 11.4. The number of alkyl halides is 3. The average Bonchev–Trinajstić information content (AvgIpc) is 2.55. The molecule has 1 atom stereocenters. The molecule has 2 aromatic carbocycles. The van der Waals surface area contributed by atoms with Gasteiger partial charge < -0.3 is 14.8 Å². The molecule has 0 bridgehead atoms. The highest BCUT2D eigenvalue weighted by Gasteiger charge is 2.32. The molecule has 26 heavy (non-hydrogen) atoms. The van der Waals surface area contributed by atoms with Gasteiger partial charge in [0.25, 0.3) is 5.91 Å². The first-order chi connectivity index (χ1) is 12.2. The first-order valence-corrected chi connectivity index (χ1v) is 7.59. The van der Waals surface area contributed by atoms with E-state index in [2.05, 4.69) is 10.1 Å². The second kappa shape index (κ2) is 7.90. The maximum Gasteiger partial charge on any atom is 0.573 e. The summed E-state index contributed by atoms with van der Waals surface area (Å²) in [7, 11) is 0. The fourth-order valence-electron chi connectivity index (χ4n) is 2.04. The fourth-order valence-corrected chi connectivity index (χ4v) is 2.04. The lowest BCUT2D eigenvalue weighted by Crippen LogP contribution is -2.30. The molecule has 0 unspecified atom stereocenters. The van der Waals surface area contributed by atoms with Crippen molar-refractivity contribution in [3.05, 3.63) is 54.1 Å². The van der Waals surface area contributed by atoms with Crippen LogP contribution in [0.15, 0.2) is 48.5 Å². The topological polar surface area (TPSA) is 64.6 Å². The third kappa shape index (κ3) is 5.51. The maximum atomic E-state index is 12.4. The highest BCUT2D eigenvalue weighted by atomic mass is 19.4. The zero-order valence-corrected chi connectivity index (χ0v) is 14.0. The number of carbonyl (C=O) groups excluding carboxylic acids is 2. The van der Waals surface area contributed by atoms with Crippen molar-refractivity contribution in [3.63, 3.8) is 0 Å². The molecule has 1 amide bonds. The van der Waals surface area contributed by atoms with Crippen LogP contribution in [0.25, 0.3) is 0 Å². The van der Waals surface area contributed by atoms with Crippen LogP contribution in [0.2, 0.25) is 0 Å². The summed E-state index contributed by atoms with van der Waals surface area (Å²) in [5, 5.41) is 2.34. The molecule has 8 heteroatoms. The minimum absolute atomic E-state index is 0.108. The minimum Gasteiger partial charge on any atom is -0.481 e. The summed E-state index contributed by atoms with van der Waals surface area (Å²) in [5.74, 6) is -0.939. The van der Waals surface area contributed by atoms with Crippen LogP contribution in [0.3, 0.4) is 0 Å². The van der Waals surface area contributed by atoms with E-state index in [-0.39, 0.29) is 11.5 Å². The molecule has 0 aliphatic heterocycles. The van der Waals surface area contributed by atoms with Crippen LogP contribution >= 0.6 is 0 Å². The van der Waals surface area contributed by atoms with Crippen LogP contribution in [0.1, 0.15) is 24.2 Å². The van der Waals surface area contributed by atoms with E-state index in [0.717, 1.165) is 6.07 Å². The van der Waals surface area contributed by atoms with E-state index < -0.39 is 24.1 Å². The van der Waals surface area contributed by atoms with Crippen LogP contribution in [-0.2, 0) is 4.79 Å². The predicted molar refractivity (Wildman–Crippen MR) is 88.3 cm³/mol. The lowest BCUT2D eigenvalue weighted by Gasteiger charge is -2.17. The lowest BCUT2D eigenvalue weighted by molar-refractivity contribution is -0.274. The number of hydrogen-bond acceptors (Lipinski definition) is 4. The van der Waals surface area contributed by atoms with Crippen molar-refractivity contribution in [3.8, 4) is 11.5 Å². The number of benzene rings is 2. The Morgan fingerprint density at radius 2 is 1.65 bits per heavy atom. The molecular weight excluding hydrogens is 351 g/mol. The second-order valence-corrected chi connectivity index (χ2v) is 5.37. The molecule has 0 aliphatic rings. The molecule has 0 heterocycles. The first kappa shape index (κ1) is 19.3. The van der Waals surface area contributed by atoms with Crippen LogP contribution in [0.5, 0.6) is 11.5 Å². The zero-order valence-electron chi connectivity index (χ0n) is 14.0. The van der Waals surface area contributed by atoms with Crippen LogP contribution in [0, 0.1) is 0 Å². The Morgan fingerprint density at radius 1 is 1.04 bits per heavy atom. The molecule has 0 fully saturated rings. The van der Waals surface area contributed by atoms with Gasteiger partial charge in [-0.2, -0.15) is 0 Å². The monoisotopic (exact) mass is 367 g/mol. The fraction of sp³-hybridized carbons (Fsp3) is 0.222. The number of nitrogens with one attached hydrogen (secondary N) is 1. The van der Waals surface area contributed by atoms with Gasteiger partial charge in [-0.3, -0.25) is 9.59 Å². The number of halogens is 3. The van der Waals surface area contributed by atoms with Crippen LogP contribution in [-0.4, -0.2) is 24.2 Å². The van der Waals surface area contributed by atoms with Gasteiger partial charge in [0.05, 0.1) is 5.69 Å². The number of Topliss-reactive ketones (excluding diaryl/α,β-unsaturated/α-hetero) is 1. The van der Waals surface area contributed by atoms with Gasteiger partial charge in [0.2, 0.25) is 0 Å². The van der Waals surface area contributed by atoms with Crippen molar-refractivity contribution in [2.24, 2.45) is 0 Å². The number of rotatable bonds is 6. The third-order valence-electron chi connectivity index (χ3n) is 3.31. The Balaban J connectivity index is 2.04. The van der Waals surface area contributed by atoms with Gasteiger partial charge in [-0.25, -0.2) is 0 Å². The maximum absolute atomic E-state index is 12.4. The van der Waals surface area contributed by atoms with Gasteiger partial charge in [-0.1, -0.05) is 12.1 Å². The van der Waals surface area contributed by atoms with Crippen LogP contribution in [0.4, 0.5) is 18.9 Å². The van der Waals surface area contributed by atoms with E-state index in [0.29, 0.717) is 11.3 Å². The molecule has 0 radical (unpaired) electrons. The summed E-state index contributed by atoms with van der Waals surface area (Å²) in [6.07, 6.45) is -5.86. The summed E-state index contributed by atoms with van der Waals surface area (Å²) in [5.41, 5.74) is 0.366. The van der Waals surface area contributed by atoms with Crippen molar-refractivity contribution in [1.29, 1.82) is 0 Å². The van der Waals surface area contributed by atoms with E-state index in [1.807, 2.05) is 0 Å². The number of ketones is 1. The average molecular weight is 367 g/mol. The van der Waals surface area contributed by atoms with Gasteiger partial charge in [0.15, 0.2) is 17.6 Å².